The van der Waals surface area contributed by atoms with E-state index in [1.165, 1.54) is 0 Å². The van der Waals surface area contributed by atoms with Crippen LogP contribution in [0.5, 0.6) is 0 Å². The Morgan fingerprint density at radius 1 is 1.37 bits per heavy atom. The maximum atomic E-state index is 12.4. The fourth-order valence-corrected chi connectivity index (χ4v) is 2.77. The average molecular weight is 261 g/mol. The topological polar surface area (TPSA) is 29.5 Å². The van der Waals surface area contributed by atoms with E-state index in [4.69, 9.17) is 4.74 Å². The monoisotopic (exact) mass is 261 g/mol. The molecule has 0 bridgehead atoms. The van der Waals surface area contributed by atoms with Crippen molar-refractivity contribution in [3.8, 4) is 0 Å². The third-order valence-electron chi connectivity index (χ3n) is 3.78. The van der Waals surface area contributed by atoms with Crippen molar-refractivity contribution in [2.75, 3.05) is 27.2 Å². The molecule has 1 saturated carbocycles. The van der Waals surface area contributed by atoms with E-state index in [1.54, 1.807) is 0 Å². The lowest BCUT2D eigenvalue weighted by Crippen LogP contribution is -2.29. The molecule has 1 unspecified atom stereocenters. The molecule has 1 aromatic carbocycles. The van der Waals surface area contributed by atoms with Gasteiger partial charge in [-0.25, -0.2) is 0 Å². The van der Waals surface area contributed by atoms with E-state index in [9.17, 15) is 4.79 Å². The van der Waals surface area contributed by atoms with E-state index in [0.717, 1.165) is 24.9 Å². The zero-order chi connectivity index (χ0) is 13.9. The summed E-state index contributed by atoms with van der Waals surface area (Å²) in [5.41, 5.74) is 0.698. The first kappa shape index (κ1) is 14.1. The second-order valence-electron chi connectivity index (χ2n) is 5.64. The zero-order valence-corrected chi connectivity index (χ0v) is 12.1. The molecule has 1 fully saturated rings. The quantitative estimate of drug-likeness (QED) is 0.737. The molecule has 3 heteroatoms. The molecule has 0 aromatic heterocycles. The standard InChI is InChI=1S/C16H23NO2/c1-4-10-19-15(18)16(11-14(16)12-17(2)3)13-8-6-5-7-9-13/h5-9,14H,4,10-12H2,1-3H3/t14?,16-/m1/s1. The third kappa shape index (κ3) is 2.81. The molecular formula is C16H23NO2. The summed E-state index contributed by atoms with van der Waals surface area (Å²) in [6.45, 7) is 3.46. The van der Waals surface area contributed by atoms with E-state index >= 15 is 0 Å². The van der Waals surface area contributed by atoms with Crippen molar-refractivity contribution < 1.29 is 9.53 Å². The van der Waals surface area contributed by atoms with E-state index < -0.39 is 5.41 Å². The maximum absolute atomic E-state index is 12.4. The summed E-state index contributed by atoms with van der Waals surface area (Å²) in [4.78, 5) is 14.6. The van der Waals surface area contributed by atoms with Crippen molar-refractivity contribution in [3.63, 3.8) is 0 Å². The molecule has 0 N–H and O–H groups in total. The maximum Gasteiger partial charge on any atom is 0.316 e. The summed E-state index contributed by atoms with van der Waals surface area (Å²) in [6.07, 6.45) is 1.77. The molecule has 0 saturated heterocycles. The number of nitrogens with zero attached hydrogens (tertiary/aromatic N) is 1. The molecule has 0 amide bonds. The molecule has 1 aliphatic rings. The van der Waals surface area contributed by atoms with Gasteiger partial charge in [-0.2, -0.15) is 0 Å². The highest BCUT2D eigenvalue weighted by molar-refractivity contribution is 5.87. The van der Waals surface area contributed by atoms with Crippen LogP contribution < -0.4 is 0 Å². The largest absolute Gasteiger partial charge is 0.465 e. The Hall–Kier alpha value is -1.35. The zero-order valence-electron chi connectivity index (χ0n) is 12.1. The van der Waals surface area contributed by atoms with Gasteiger partial charge >= 0.3 is 5.97 Å². The number of carbonyl (C=O) groups excluding carboxylic acids is 1. The number of hydrogen-bond acceptors (Lipinski definition) is 3. The van der Waals surface area contributed by atoms with Crippen molar-refractivity contribution in [2.24, 2.45) is 5.92 Å². The van der Waals surface area contributed by atoms with Gasteiger partial charge in [0, 0.05) is 6.54 Å². The van der Waals surface area contributed by atoms with Crippen molar-refractivity contribution in [3.05, 3.63) is 35.9 Å². The SMILES string of the molecule is CCCOC(=O)[C@@]1(c2ccccc2)CC1CN(C)C. The summed E-state index contributed by atoms with van der Waals surface area (Å²) in [5.74, 6) is 0.321. The van der Waals surface area contributed by atoms with Crippen LogP contribution in [0.3, 0.4) is 0 Å². The van der Waals surface area contributed by atoms with Gasteiger partial charge in [0.1, 0.15) is 0 Å². The summed E-state index contributed by atoms with van der Waals surface area (Å²) in [6, 6.07) is 10.1. The Labute approximate surface area is 115 Å². The van der Waals surface area contributed by atoms with Gasteiger partial charge in [-0.05, 0) is 38.4 Å². The molecule has 0 spiro atoms. The number of benzene rings is 1. The van der Waals surface area contributed by atoms with Crippen LogP contribution in [-0.4, -0.2) is 38.1 Å². The van der Waals surface area contributed by atoms with Crippen LogP contribution in [0.2, 0.25) is 0 Å². The van der Waals surface area contributed by atoms with Crippen LogP contribution in [-0.2, 0) is 14.9 Å². The van der Waals surface area contributed by atoms with Gasteiger partial charge in [0.2, 0.25) is 0 Å². The first-order valence-electron chi connectivity index (χ1n) is 6.98. The molecule has 3 nitrogen and oxygen atoms in total. The molecule has 2 rings (SSSR count). The third-order valence-corrected chi connectivity index (χ3v) is 3.78. The van der Waals surface area contributed by atoms with Crippen LogP contribution in [0.1, 0.15) is 25.3 Å². The second kappa shape index (κ2) is 5.74. The summed E-state index contributed by atoms with van der Waals surface area (Å²) >= 11 is 0. The number of ether oxygens (including phenoxy) is 1. The smallest absolute Gasteiger partial charge is 0.316 e. The van der Waals surface area contributed by atoms with Gasteiger partial charge < -0.3 is 9.64 Å². The van der Waals surface area contributed by atoms with Crippen molar-refractivity contribution >= 4 is 5.97 Å². The average Bonchev–Trinajstić information content (AvgIpc) is 3.11. The van der Waals surface area contributed by atoms with Gasteiger partial charge in [0.15, 0.2) is 0 Å². The van der Waals surface area contributed by atoms with E-state index in [1.807, 2.05) is 51.4 Å². The predicted molar refractivity (Wildman–Crippen MR) is 76.0 cm³/mol. The van der Waals surface area contributed by atoms with Crippen LogP contribution >= 0.6 is 0 Å². The lowest BCUT2D eigenvalue weighted by atomic mass is 9.93. The molecule has 0 aliphatic heterocycles. The normalized spacial score (nSPS) is 25.4. The Bertz CT molecular complexity index is 430. The Balaban J connectivity index is 2.19. The molecule has 0 heterocycles. The van der Waals surface area contributed by atoms with Gasteiger partial charge in [-0.15, -0.1) is 0 Å². The molecule has 104 valence electrons. The number of hydrogen-bond donors (Lipinski definition) is 0. The van der Waals surface area contributed by atoms with E-state index in [-0.39, 0.29) is 5.97 Å². The van der Waals surface area contributed by atoms with Gasteiger partial charge in [-0.1, -0.05) is 37.3 Å². The van der Waals surface area contributed by atoms with Crippen molar-refractivity contribution in [2.45, 2.75) is 25.2 Å². The van der Waals surface area contributed by atoms with Crippen LogP contribution in [0.15, 0.2) is 30.3 Å². The summed E-state index contributed by atoms with van der Waals surface area (Å²) < 4.78 is 5.43. The lowest BCUT2D eigenvalue weighted by molar-refractivity contribution is -0.147. The fraction of sp³-hybridized carbons (Fsp3) is 0.562. The Kier molecular flexibility index (Phi) is 4.25. The van der Waals surface area contributed by atoms with Crippen molar-refractivity contribution in [1.82, 2.24) is 4.90 Å². The second-order valence-corrected chi connectivity index (χ2v) is 5.64. The van der Waals surface area contributed by atoms with Crippen molar-refractivity contribution in [1.29, 1.82) is 0 Å². The molecule has 19 heavy (non-hydrogen) atoms. The first-order chi connectivity index (χ1) is 9.11. The lowest BCUT2D eigenvalue weighted by Gasteiger charge is -2.18. The highest BCUT2D eigenvalue weighted by Crippen LogP contribution is 2.55. The van der Waals surface area contributed by atoms with Crippen LogP contribution in [0.4, 0.5) is 0 Å². The van der Waals surface area contributed by atoms with Gasteiger partial charge in [0.05, 0.1) is 12.0 Å². The minimum absolute atomic E-state index is 0.0487. The van der Waals surface area contributed by atoms with Gasteiger partial charge in [-0.3, -0.25) is 4.79 Å². The molecule has 2 atom stereocenters. The first-order valence-corrected chi connectivity index (χ1v) is 6.98. The van der Waals surface area contributed by atoms with E-state index in [2.05, 4.69) is 4.90 Å². The Morgan fingerprint density at radius 3 is 2.63 bits per heavy atom. The molecule has 1 aliphatic carbocycles. The minimum Gasteiger partial charge on any atom is -0.465 e. The van der Waals surface area contributed by atoms with Crippen LogP contribution in [0.25, 0.3) is 0 Å². The molecule has 0 radical (unpaired) electrons. The highest BCUT2D eigenvalue weighted by atomic mass is 16.5. The fourth-order valence-electron chi connectivity index (χ4n) is 2.77. The highest BCUT2D eigenvalue weighted by Gasteiger charge is 2.62. The van der Waals surface area contributed by atoms with Gasteiger partial charge in [0.25, 0.3) is 0 Å². The number of rotatable bonds is 6. The summed E-state index contributed by atoms with van der Waals surface area (Å²) in [5, 5.41) is 0. The molecule has 1 aromatic rings. The van der Waals surface area contributed by atoms with Crippen LogP contribution in [0, 0.1) is 5.92 Å². The summed E-state index contributed by atoms with van der Waals surface area (Å²) in [7, 11) is 4.09. The predicted octanol–water partition coefficient (Wildman–Crippen LogP) is 2.46. The number of carbonyl (C=O) groups is 1. The number of esters is 1. The van der Waals surface area contributed by atoms with E-state index in [0.29, 0.717) is 12.5 Å². The minimum atomic E-state index is -0.402. The molecular weight excluding hydrogens is 238 g/mol. The Morgan fingerprint density at radius 2 is 2.05 bits per heavy atom.